The first-order valence-corrected chi connectivity index (χ1v) is 8.79. The number of nitrogens with one attached hydrogen (secondary N) is 2. The number of carbonyl (C=O) groups is 1. The molecule has 6 nitrogen and oxygen atoms in total. The normalized spacial score (nSPS) is 10.9. The molecule has 2 rings (SSSR count). The average Bonchev–Trinajstić information content (AvgIpc) is 2.46. The van der Waals surface area contributed by atoms with Gasteiger partial charge in [-0.3, -0.25) is 9.52 Å². The van der Waals surface area contributed by atoms with Crippen molar-refractivity contribution in [2.24, 2.45) is 0 Å². The fraction of sp³-hybridized carbons (Fsp3) is 0.133. The number of methoxy groups -OCH3 is 1. The van der Waals surface area contributed by atoms with Gasteiger partial charge in [0.25, 0.3) is 5.91 Å². The number of rotatable bonds is 5. The highest BCUT2D eigenvalue weighted by Gasteiger charge is 2.14. The Morgan fingerprint density at radius 2 is 1.87 bits per heavy atom. The lowest BCUT2D eigenvalue weighted by Crippen LogP contribution is -2.17. The van der Waals surface area contributed by atoms with E-state index in [1.165, 1.54) is 19.2 Å². The van der Waals surface area contributed by atoms with E-state index in [0.29, 0.717) is 16.5 Å². The van der Waals surface area contributed by atoms with Crippen LogP contribution in [0.2, 0.25) is 5.02 Å². The van der Waals surface area contributed by atoms with Gasteiger partial charge in [-0.2, -0.15) is 0 Å². The van der Waals surface area contributed by atoms with E-state index in [1.54, 1.807) is 30.3 Å². The molecule has 0 spiro atoms. The maximum atomic E-state index is 12.4. The van der Waals surface area contributed by atoms with E-state index >= 15 is 0 Å². The predicted molar refractivity (Wildman–Crippen MR) is 90.9 cm³/mol. The van der Waals surface area contributed by atoms with Crippen LogP contribution in [0.4, 0.5) is 11.4 Å². The number of benzene rings is 2. The lowest BCUT2D eigenvalue weighted by atomic mass is 10.1. The highest BCUT2D eigenvalue weighted by atomic mass is 35.5. The molecule has 0 unspecified atom stereocenters. The SMILES string of the molecule is COc1ccc(NC(=O)c2ccccc2NS(C)(=O)=O)cc1Cl. The molecule has 0 aliphatic carbocycles. The monoisotopic (exact) mass is 354 g/mol. The molecule has 0 heterocycles. The highest BCUT2D eigenvalue weighted by Crippen LogP contribution is 2.28. The summed E-state index contributed by atoms with van der Waals surface area (Å²) in [5, 5.41) is 3.02. The molecule has 23 heavy (non-hydrogen) atoms. The third-order valence-electron chi connectivity index (χ3n) is 2.88. The molecule has 2 aromatic carbocycles. The smallest absolute Gasteiger partial charge is 0.257 e. The van der Waals surface area contributed by atoms with Gasteiger partial charge in [0.15, 0.2) is 0 Å². The number of ether oxygens (including phenoxy) is 1. The van der Waals surface area contributed by atoms with Gasteiger partial charge in [0, 0.05) is 5.69 Å². The molecule has 122 valence electrons. The van der Waals surface area contributed by atoms with Crippen molar-refractivity contribution >= 4 is 38.9 Å². The molecule has 0 aliphatic rings. The van der Waals surface area contributed by atoms with Gasteiger partial charge >= 0.3 is 0 Å². The van der Waals surface area contributed by atoms with Crippen molar-refractivity contribution in [2.45, 2.75) is 0 Å². The van der Waals surface area contributed by atoms with Crippen LogP contribution in [-0.4, -0.2) is 27.7 Å². The van der Waals surface area contributed by atoms with E-state index in [-0.39, 0.29) is 11.3 Å². The van der Waals surface area contributed by atoms with Gasteiger partial charge in [-0.1, -0.05) is 23.7 Å². The van der Waals surface area contributed by atoms with E-state index in [4.69, 9.17) is 16.3 Å². The Bertz CT molecular complexity index is 837. The van der Waals surface area contributed by atoms with Gasteiger partial charge in [0.2, 0.25) is 10.0 Å². The molecule has 0 saturated heterocycles. The van der Waals surface area contributed by atoms with E-state index in [0.717, 1.165) is 6.26 Å². The molecule has 0 aliphatic heterocycles. The molecule has 0 radical (unpaired) electrons. The number of hydrogen-bond acceptors (Lipinski definition) is 4. The first-order valence-electron chi connectivity index (χ1n) is 6.52. The zero-order valence-corrected chi connectivity index (χ0v) is 14.0. The number of anilines is 2. The Morgan fingerprint density at radius 1 is 1.17 bits per heavy atom. The third-order valence-corrected chi connectivity index (χ3v) is 3.76. The summed E-state index contributed by atoms with van der Waals surface area (Å²) in [6.07, 6.45) is 1.02. The number of carbonyl (C=O) groups excluding carboxylic acids is 1. The molecule has 2 N–H and O–H groups in total. The first kappa shape index (κ1) is 17.1. The Morgan fingerprint density at radius 3 is 2.48 bits per heavy atom. The zero-order valence-electron chi connectivity index (χ0n) is 12.5. The molecular formula is C15H15ClN2O4S. The number of amides is 1. The zero-order chi connectivity index (χ0) is 17.0. The fourth-order valence-corrected chi connectivity index (χ4v) is 2.75. The number of sulfonamides is 1. The Balaban J connectivity index is 2.26. The van der Waals surface area contributed by atoms with Crippen LogP contribution in [0.1, 0.15) is 10.4 Å². The predicted octanol–water partition coefficient (Wildman–Crippen LogP) is 2.97. The maximum absolute atomic E-state index is 12.4. The molecule has 0 saturated carbocycles. The second kappa shape index (κ2) is 6.89. The molecule has 0 fully saturated rings. The van der Waals surface area contributed by atoms with Gasteiger partial charge in [0.05, 0.1) is 29.6 Å². The van der Waals surface area contributed by atoms with Gasteiger partial charge < -0.3 is 10.1 Å². The summed E-state index contributed by atoms with van der Waals surface area (Å²) in [6.45, 7) is 0. The molecule has 0 atom stereocenters. The van der Waals surface area contributed by atoms with Crippen molar-refractivity contribution < 1.29 is 17.9 Å². The molecular weight excluding hydrogens is 340 g/mol. The lowest BCUT2D eigenvalue weighted by molar-refractivity contribution is 0.102. The van der Waals surface area contributed by atoms with E-state index in [2.05, 4.69) is 10.0 Å². The molecule has 1 amide bonds. The standard InChI is InChI=1S/C15H15ClN2O4S/c1-22-14-8-7-10(9-12(14)16)17-15(19)11-5-3-4-6-13(11)18-23(2,20)21/h3-9,18H,1-2H3,(H,17,19). The summed E-state index contributed by atoms with van der Waals surface area (Å²) >= 11 is 6.01. The molecule has 0 bridgehead atoms. The van der Waals surface area contributed by atoms with E-state index in [1.807, 2.05) is 0 Å². The maximum Gasteiger partial charge on any atom is 0.257 e. The number of para-hydroxylation sites is 1. The molecule has 0 aromatic heterocycles. The second-order valence-electron chi connectivity index (χ2n) is 4.72. The van der Waals surface area contributed by atoms with Crippen LogP contribution < -0.4 is 14.8 Å². The van der Waals surface area contributed by atoms with Crippen LogP contribution in [0.3, 0.4) is 0 Å². The summed E-state index contributed by atoms with van der Waals surface area (Å²) in [6, 6.07) is 11.1. The van der Waals surface area contributed by atoms with Gasteiger partial charge in [0.1, 0.15) is 5.75 Å². The molecule has 2 aromatic rings. The second-order valence-corrected chi connectivity index (χ2v) is 6.88. The largest absolute Gasteiger partial charge is 0.495 e. The first-order chi connectivity index (χ1) is 10.8. The van der Waals surface area contributed by atoms with Gasteiger partial charge in [-0.15, -0.1) is 0 Å². The van der Waals surface area contributed by atoms with Crippen molar-refractivity contribution in [3.63, 3.8) is 0 Å². The Hall–Kier alpha value is -2.25. The van der Waals surface area contributed by atoms with Crippen LogP contribution in [0.15, 0.2) is 42.5 Å². The van der Waals surface area contributed by atoms with Crippen molar-refractivity contribution in [1.29, 1.82) is 0 Å². The van der Waals surface area contributed by atoms with Crippen molar-refractivity contribution in [1.82, 2.24) is 0 Å². The van der Waals surface area contributed by atoms with E-state index in [9.17, 15) is 13.2 Å². The summed E-state index contributed by atoms with van der Waals surface area (Å²) < 4.78 is 30.1. The lowest BCUT2D eigenvalue weighted by Gasteiger charge is -2.12. The van der Waals surface area contributed by atoms with Gasteiger partial charge in [-0.25, -0.2) is 8.42 Å². The van der Waals surface area contributed by atoms with Crippen LogP contribution in [-0.2, 0) is 10.0 Å². The minimum atomic E-state index is -3.49. The Kier molecular flexibility index (Phi) is 5.12. The van der Waals surface area contributed by atoms with Crippen molar-refractivity contribution in [2.75, 3.05) is 23.4 Å². The average molecular weight is 355 g/mol. The number of halogens is 1. The highest BCUT2D eigenvalue weighted by molar-refractivity contribution is 7.92. The third kappa shape index (κ3) is 4.61. The number of hydrogen-bond donors (Lipinski definition) is 2. The van der Waals surface area contributed by atoms with Crippen LogP contribution >= 0.6 is 11.6 Å². The molecule has 8 heteroatoms. The Labute approximate surface area is 139 Å². The van der Waals surface area contributed by atoms with E-state index < -0.39 is 15.9 Å². The summed E-state index contributed by atoms with van der Waals surface area (Å²) in [7, 11) is -2.00. The van der Waals surface area contributed by atoms with Crippen LogP contribution in [0.5, 0.6) is 5.75 Å². The minimum absolute atomic E-state index is 0.199. The summed E-state index contributed by atoms with van der Waals surface area (Å²) in [5.74, 6) is 0.0294. The summed E-state index contributed by atoms with van der Waals surface area (Å²) in [4.78, 5) is 12.4. The van der Waals surface area contributed by atoms with Crippen LogP contribution in [0, 0.1) is 0 Å². The van der Waals surface area contributed by atoms with Crippen LogP contribution in [0.25, 0.3) is 0 Å². The van der Waals surface area contributed by atoms with Crippen molar-refractivity contribution in [3.05, 3.63) is 53.1 Å². The topological polar surface area (TPSA) is 84.5 Å². The summed E-state index contributed by atoms with van der Waals surface area (Å²) in [5.41, 5.74) is 0.868. The van der Waals surface area contributed by atoms with Gasteiger partial charge in [-0.05, 0) is 30.3 Å². The quantitative estimate of drug-likeness (QED) is 0.864. The minimum Gasteiger partial charge on any atom is -0.495 e. The fourth-order valence-electron chi connectivity index (χ4n) is 1.91. The van der Waals surface area contributed by atoms with Crippen molar-refractivity contribution in [3.8, 4) is 5.75 Å².